The van der Waals surface area contributed by atoms with Crippen LogP contribution in [0.15, 0.2) is 24.3 Å². The SMILES string of the molecule is COc1ccc(CN(C(=O)CCCCNC(N)=O)C2CC2)cc1. The average molecular weight is 319 g/mol. The van der Waals surface area contributed by atoms with Crippen molar-refractivity contribution in [1.82, 2.24) is 10.2 Å². The van der Waals surface area contributed by atoms with Gasteiger partial charge in [-0.05, 0) is 43.4 Å². The van der Waals surface area contributed by atoms with Crippen molar-refractivity contribution in [3.05, 3.63) is 29.8 Å². The summed E-state index contributed by atoms with van der Waals surface area (Å²) in [6.07, 6.45) is 4.20. The summed E-state index contributed by atoms with van der Waals surface area (Å²) in [4.78, 5) is 25.0. The molecule has 0 atom stereocenters. The van der Waals surface area contributed by atoms with Crippen molar-refractivity contribution >= 4 is 11.9 Å². The smallest absolute Gasteiger partial charge is 0.312 e. The van der Waals surface area contributed by atoms with Gasteiger partial charge in [0.15, 0.2) is 0 Å². The number of hydrogen-bond donors (Lipinski definition) is 2. The zero-order valence-corrected chi connectivity index (χ0v) is 13.6. The number of ether oxygens (including phenoxy) is 1. The third kappa shape index (κ3) is 5.81. The number of hydrogen-bond acceptors (Lipinski definition) is 3. The van der Waals surface area contributed by atoms with Crippen molar-refractivity contribution in [2.45, 2.75) is 44.7 Å². The Morgan fingerprint density at radius 1 is 1.26 bits per heavy atom. The number of rotatable bonds is 9. The molecule has 23 heavy (non-hydrogen) atoms. The maximum Gasteiger partial charge on any atom is 0.312 e. The maximum absolute atomic E-state index is 12.4. The maximum atomic E-state index is 12.4. The van der Waals surface area contributed by atoms with E-state index >= 15 is 0 Å². The first-order chi connectivity index (χ1) is 11.1. The minimum Gasteiger partial charge on any atom is -0.497 e. The monoisotopic (exact) mass is 319 g/mol. The van der Waals surface area contributed by atoms with Crippen LogP contribution in [0.4, 0.5) is 4.79 Å². The molecule has 6 nitrogen and oxygen atoms in total. The zero-order chi connectivity index (χ0) is 16.7. The average Bonchev–Trinajstić information content (AvgIpc) is 3.37. The normalized spacial score (nSPS) is 13.4. The molecule has 1 aliphatic carbocycles. The second-order valence-electron chi connectivity index (χ2n) is 5.85. The molecule has 0 bridgehead atoms. The second kappa shape index (κ2) is 8.41. The van der Waals surface area contributed by atoms with Gasteiger partial charge in [0.1, 0.15) is 5.75 Å². The van der Waals surface area contributed by atoms with Crippen molar-refractivity contribution in [2.24, 2.45) is 5.73 Å². The van der Waals surface area contributed by atoms with Gasteiger partial charge in [0.25, 0.3) is 0 Å². The van der Waals surface area contributed by atoms with Crippen molar-refractivity contribution in [3.63, 3.8) is 0 Å². The highest BCUT2D eigenvalue weighted by molar-refractivity contribution is 5.77. The quantitative estimate of drug-likeness (QED) is 0.683. The lowest BCUT2D eigenvalue weighted by Gasteiger charge is -2.23. The van der Waals surface area contributed by atoms with E-state index in [1.165, 1.54) is 0 Å². The number of amides is 3. The molecule has 3 amide bonds. The van der Waals surface area contributed by atoms with Crippen LogP contribution in [0.3, 0.4) is 0 Å². The van der Waals surface area contributed by atoms with E-state index in [0.717, 1.165) is 37.0 Å². The van der Waals surface area contributed by atoms with Crippen LogP contribution in [0.2, 0.25) is 0 Å². The first kappa shape index (κ1) is 17.1. The van der Waals surface area contributed by atoms with Gasteiger partial charge in [0.05, 0.1) is 7.11 Å². The molecule has 2 rings (SSSR count). The Hall–Kier alpha value is -2.24. The van der Waals surface area contributed by atoms with E-state index in [0.29, 0.717) is 25.6 Å². The van der Waals surface area contributed by atoms with Crippen LogP contribution in [0, 0.1) is 0 Å². The van der Waals surface area contributed by atoms with Crippen LogP contribution in [0.1, 0.15) is 37.7 Å². The van der Waals surface area contributed by atoms with E-state index in [-0.39, 0.29) is 5.91 Å². The Bertz CT molecular complexity index is 526. The fourth-order valence-corrected chi connectivity index (χ4v) is 2.49. The molecule has 1 aromatic rings. The number of methoxy groups -OCH3 is 1. The lowest BCUT2D eigenvalue weighted by atomic mass is 10.1. The van der Waals surface area contributed by atoms with E-state index < -0.39 is 6.03 Å². The van der Waals surface area contributed by atoms with Gasteiger partial charge < -0.3 is 20.7 Å². The third-order valence-electron chi connectivity index (χ3n) is 3.94. The summed E-state index contributed by atoms with van der Waals surface area (Å²) in [5.74, 6) is 1.00. The van der Waals surface area contributed by atoms with Gasteiger partial charge in [-0.3, -0.25) is 4.79 Å². The minimum atomic E-state index is -0.518. The summed E-state index contributed by atoms with van der Waals surface area (Å²) in [7, 11) is 1.64. The molecule has 126 valence electrons. The predicted molar refractivity (Wildman–Crippen MR) is 88.0 cm³/mol. The number of carbonyl (C=O) groups is 2. The van der Waals surface area contributed by atoms with Gasteiger partial charge in [0.2, 0.25) is 5.91 Å². The second-order valence-corrected chi connectivity index (χ2v) is 5.85. The summed E-state index contributed by atoms with van der Waals surface area (Å²) < 4.78 is 5.15. The first-order valence-electron chi connectivity index (χ1n) is 8.06. The van der Waals surface area contributed by atoms with Gasteiger partial charge in [-0.25, -0.2) is 4.79 Å². The van der Waals surface area contributed by atoms with Crippen molar-refractivity contribution in [1.29, 1.82) is 0 Å². The fraction of sp³-hybridized carbons (Fsp3) is 0.529. The molecule has 0 aliphatic heterocycles. The molecule has 0 heterocycles. The highest BCUT2D eigenvalue weighted by Gasteiger charge is 2.32. The molecular weight excluding hydrogens is 294 g/mol. The standard InChI is InChI=1S/C17H25N3O3/c1-23-15-9-5-13(6-10-15)12-20(14-7-8-14)16(21)4-2-3-11-19-17(18)22/h5-6,9-10,14H,2-4,7-8,11-12H2,1H3,(H3,18,19,22). The summed E-state index contributed by atoms with van der Waals surface area (Å²) in [5, 5.41) is 2.54. The molecule has 1 aliphatic rings. The van der Waals surface area contributed by atoms with Gasteiger partial charge in [-0.2, -0.15) is 0 Å². The summed E-state index contributed by atoms with van der Waals surface area (Å²) in [6, 6.07) is 7.70. The molecule has 6 heteroatoms. The first-order valence-corrected chi connectivity index (χ1v) is 8.06. The number of benzene rings is 1. The number of urea groups is 1. The number of nitrogens with zero attached hydrogens (tertiary/aromatic N) is 1. The third-order valence-corrected chi connectivity index (χ3v) is 3.94. The van der Waals surface area contributed by atoms with E-state index in [1.54, 1.807) is 7.11 Å². The molecule has 0 unspecified atom stereocenters. The largest absolute Gasteiger partial charge is 0.497 e. The Morgan fingerprint density at radius 2 is 1.96 bits per heavy atom. The summed E-state index contributed by atoms with van der Waals surface area (Å²) in [6.45, 7) is 1.16. The van der Waals surface area contributed by atoms with Gasteiger partial charge in [0, 0.05) is 25.6 Å². The number of nitrogens with two attached hydrogens (primary N) is 1. The molecule has 1 aromatic carbocycles. The van der Waals surface area contributed by atoms with Crippen LogP contribution in [0.5, 0.6) is 5.75 Å². The number of primary amides is 1. The van der Waals surface area contributed by atoms with Crippen LogP contribution >= 0.6 is 0 Å². The number of unbranched alkanes of at least 4 members (excludes halogenated alkanes) is 1. The number of nitrogens with one attached hydrogen (secondary N) is 1. The van der Waals surface area contributed by atoms with Gasteiger partial charge >= 0.3 is 6.03 Å². The predicted octanol–water partition coefficient (Wildman–Crippen LogP) is 2.02. The summed E-state index contributed by atoms with van der Waals surface area (Å²) in [5.41, 5.74) is 6.12. The lowest BCUT2D eigenvalue weighted by Crippen LogP contribution is -2.33. The zero-order valence-electron chi connectivity index (χ0n) is 13.6. The van der Waals surface area contributed by atoms with E-state index in [9.17, 15) is 9.59 Å². The molecule has 3 N–H and O–H groups in total. The van der Waals surface area contributed by atoms with Crippen molar-refractivity contribution in [2.75, 3.05) is 13.7 Å². The van der Waals surface area contributed by atoms with E-state index in [1.807, 2.05) is 29.2 Å². The Balaban J connectivity index is 1.80. The number of carbonyl (C=O) groups excluding carboxylic acids is 2. The highest BCUT2D eigenvalue weighted by atomic mass is 16.5. The topological polar surface area (TPSA) is 84.7 Å². The van der Waals surface area contributed by atoms with Gasteiger partial charge in [-0.1, -0.05) is 12.1 Å². The Morgan fingerprint density at radius 3 is 2.52 bits per heavy atom. The Labute approximate surface area is 137 Å². The van der Waals surface area contributed by atoms with Crippen LogP contribution in [-0.2, 0) is 11.3 Å². The molecule has 0 saturated heterocycles. The minimum absolute atomic E-state index is 0.183. The molecule has 0 spiro atoms. The van der Waals surface area contributed by atoms with E-state index in [2.05, 4.69) is 5.32 Å². The lowest BCUT2D eigenvalue weighted by molar-refractivity contribution is -0.132. The van der Waals surface area contributed by atoms with Gasteiger partial charge in [-0.15, -0.1) is 0 Å². The molecule has 0 aromatic heterocycles. The van der Waals surface area contributed by atoms with Crippen LogP contribution in [-0.4, -0.2) is 36.5 Å². The molecule has 1 fully saturated rings. The molecule has 1 saturated carbocycles. The molecule has 0 radical (unpaired) electrons. The van der Waals surface area contributed by atoms with Crippen molar-refractivity contribution < 1.29 is 14.3 Å². The Kier molecular flexibility index (Phi) is 6.26. The van der Waals surface area contributed by atoms with Crippen LogP contribution in [0.25, 0.3) is 0 Å². The highest BCUT2D eigenvalue weighted by Crippen LogP contribution is 2.29. The summed E-state index contributed by atoms with van der Waals surface area (Å²) >= 11 is 0. The molecular formula is C17H25N3O3. The van der Waals surface area contributed by atoms with Crippen LogP contribution < -0.4 is 15.8 Å². The van der Waals surface area contributed by atoms with E-state index in [4.69, 9.17) is 10.5 Å². The fourth-order valence-electron chi connectivity index (χ4n) is 2.49. The van der Waals surface area contributed by atoms with Crippen molar-refractivity contribution in [3.8, 4) is 5.75 Å².